The van der Waals surface area contributed by atoms with E-state index >= 15 is 0 Å². The van der Waals surface area contributed by atoms with Crippen LogP contribution in [0, 0.1) is 0 Å². The van der Waals surface area contributed by atoms with Gasteiger partial charge in [0.25, 0.3) is 0 Å². The third-order valence-electron chi connectivity index (χ3n) is 2.70. The van der Waals surface area contributed by atoms with Gasteiger partial charge in [-0.3, -0.25) is 0 Å². The molecule has 0 radical (unpaired) electrons. The Morgan fingerprint density at radius 2 is 1.85 bits per heavy atom. The van der Waals surface area contributed by atoms with Gasteiger partial charge < -0.3 is 10.6 Å². The number of aromatic nitrogens is 2. The van der Waals surface area contributed by atoms with Crippen LogP contribution in [0.25, 0.3) is 0 Å². The molecule has 0 unspecified atom stereocenters. The largest absolute Gasteiger partial charge is 0.366 e. The lowest BCUT2D eigenvalue weighted by Gasteiger charge is -2.07. The van der Waals surface area contributed by atoms with Crippen molar-refractivity contribution in [2.45, 2.75) is 11.4 Å². The fourth-order valence-corrected chi connectivity index (χ4v) is 2.26. The van der Waals surface area contributed by atoms with Gasteiger partial charge in [-0.1, -0.05) is 12.1 Å². The summed E-state index contributed by atoms with van der Waals surface area (Å²) in [4.78, 5) is 8.58. The second-order valence-corrected chi connectivity index (χ2v) is 6.30. The number of nitrogens with one attached hydrogen (secondary N) is 2. The molecule has 0 fully saturated rings. The van der Waals surface area contributed by atoms with Crippen LogP contribution >= 0.6 is 0 Å². The zero-order chi connectivity index (χ0) is 14.6. The van der Waals surface area contributed by atoms with Crippen LogP contribution in [0.4, 0.5) is 11.8 Å². The van der Waals surface area contributed by atoms with Gasteiger partial charge in [-0.05, 0) is 23.8 Å². The highest BCUT2D eigenvalue weighted by molar-refractivity contribution is 7.90. The molecule has 2 N–H and O–H groups in total. The van der Waals surface area contributed by atoms with Crippen LogP contribution in [0.3, 0.4) is 0 Å². The lowest BCUT2D eigenvalue weighted by molar-refractivity contribution is 0.602. The first-order valence-electron chi connectivity index (χ1n) is 6.03. The van der Waals surface area contributed by atoms with Crippen molar-refractivity contribution < 1.29 is 8.42 Å². The molecule has 0 bridgehead atoms. The molecule has 0 aliphatic rings. The molecule has 1 aromatic heterocycles. The van der Waals surface area contributed by atoms with Crippen molar-refractivity contribution in [1.82, 2.24) is 9.97 Å². The van der Waals surface area contributed by atoms with Crippen molar-refractivity contribution in [2.24, 2.45) is 0 Å². The average molecular weight is 292 g/mol. The van der Waals surface area contributed by atoms with Crippen LogP contribution in [0.5, 0.6) is 0 Å². The smallest absolute Gasteiger partial charge is 0.224 e. The molecule has 2 aromatic rings. The lowest BCUT2D eigenvalue weighted by Crippen LogP contribution is -2.04. The highest BCUT2D eigenvalue weighted by Crippen LogP contribution is 2.12. The number of hydrogen-bond acceptors (Lipinski definition) is 6. The Morgan fingerprint density at radius 3 is 2.45 bits per heavy atom. The van der Waals surface area contributed by atoms with Crippen LogP contribution in [-0.2, 0) is 16.4 Å². The standard InChI is InChI=1S/C13H16N4O2S/c1-14-13-15-8-7-12(17-13)16-9-10-3-5-11(6-4-10)20(2,18)19/h3-8H,9H2,1-2H3,(H2,14,15,16,17). The van der Waals surface area contributed by atoms with Gasteiger partial charge in [0, 0.05) is 26.0 Å². The average Bonchev–Trinajstić information content (AvgIpc) is 2.45. The first kappa shape index (κ1) is 14.3. The summed E-state index contributed by atoms with van der Waals surface area (Å²) in [6.45, 7) is 0.560. The van der Waals surface area contributed by atoms with Gasteiger partial charge in [-0.2, -0.15) is 4.98 Å². The van der Waals surface area contributed by atoms with Gasteiger partial charge in [-0.25, -0.2) is 13.4 Å². The van der Waals surface area contributed by atoms with Crippen molar-refractivity contribution in [3.8, 4) is 0 Å². The second-order valence-electron chi connectivity index (χ2n) is 4.29. The van der Waals surface area contributed by atoms with Gasteiger partial charge in [0.05, 0.1) is 4.90 Å². The Morgan fingerprint density at radius 1 is 1.15 bits per heavy atom. The summed E-state index contributed by atoms with van der Waals surface area (Å²) in [6, 6.07) is 8.54. The zero-order valence-electron chi connectivity index (χ0n) is 11.3. The van der Waals surface area contributed by atoms with Crippen LogP contribution < -0.4 is 10.6 Å². The Balaban J connectivity index is 2.04. The predicted molar refractivity (Wildman–Crippen MR) is 78.5 cm³/mol. The molecule has 6 nitrogen and oxygen atoms in total. The molecule has 20 heavy (non-hydrogen) atoms. The van der Waals surface area contributed by atoms with E-state index in [9.17, 15) is 8.42 Å². The molecule has 0 aliphatic carbocycles. The van der Waals surface area contributed by atoms with E-state index in [0.717, 1.165) is 5.56 Å². The molecule has 0 saturated heterocycles. The quantitative estimate of drug-likeness (QED) is 0.869. The summed E-state index contributed by atoms with van der Waals surface area (Å²) < 4.78 is 22.7. The summed E-state index contributed by atoms with van der Waals surface area (Å²) in [5.41, 5.74) is 0.974. The van der Waals surface area contributed by atoms with E-state index in [1.165, 1.54) is 6.26 Å². The molecular weight excluding hydrogens is 276 g/mol. The Bertz CT molecular complexity index is 684. The van der Waals surface area contributed by atoms with Crippen LogP contribution in [0.2, 0.25) is 0 Å². The molecule has 0 amide bonds. The minimum Gasteiger partial charge on any atom is -0.366 e. The molecule has 0 spiro atoms. The SMILES string of the molecule is CNc1nccc(NCc2ccc(S(C)(=O)=O)cc2)n1. The fraction of sp³-hybridized carbons (Fsp3) is 0.231. The number of rotatable bonds is 5. The van der Waals surface area contributed by atoms with E-state index in [-0.39, 0.29) is 0 Å². The number of sulfone groups is 1. The Hall–Kier alpha value is -2.15. The van der Waals surface area contributed by atoms with E-state index < -0.39 is 9.84 Å². The lowest BCUT2D eigenvalue weighted by atomic mass is 10.2. The number of nitrogens with zero attached hydrogens (tertiary/aromatic N) is 2. The Labute approximate surface area is 118 Å². The maximum Gasteiger partial charge on any atom is 0.224 e. The van der Waals surface area contributed by atoms with Gasteiger partial charge >= 0.3 is 0 Å². The molecule has 1 aromatic carbocycles. The first-order valence-corrected chi connectivity index (χ1v) is 7.92. The van der Waals surface area contributed by atoms with Crippen molar-refractivity contribution >= 4 is 21.6 Å². The van der Waals surface area contributed by atoms with Gasteiger partial charge in [0.1, 0.15) is 5.82 Å². The van der Waals surface area contributed by atoms with E-state index in [2.05, 4.69) is 20.6 Å². The molecule has 106 valence electrons. The number of hydrogen-bond donors (Lipinski definition) is 2. The molecule has 7 heteroatoms. The molecule has 2 rings (SSSR count). The van der Waals surface area contributed by atoms with Gasteiger partial charge in [0.15, 0.2) is 9.84 Å². The molecule has 0 atom stereocenters. The van der Waals surface area contributed by atoms with E-state index in [1.807, 2.05) is 0 Å². The highest BCUT2D eigenvalue weighted by atomic mass is 32.2. The van der Waals surface area contributed by atoms with Crippen molar-refractivity contribution in [3.63, 3.8) is 0 Å². The first-order chi connectivity index (χ1) is 9.49. The third-order valence-corrected chi connectivity index (χ3v) is 3.83. The predicted octanol–water partition coefficient (Wildman–Crippen LogP) is 1.53. The molecule has 0 aliphatic heterocycles. The monoisotopic (exact) mass is 292 g/mol. The number of benzene rings is 1. The fourth-order valence-electron chi connectivity index (χ4n) is 1.62. The highest BCUT2D eigenvalue weighted by Gasteiger charge is 2.06. The molecular formula is C13H16N4O2S. The van der Waals surface area contributed by atoms with E-state index in [4.69, 9.17) is 0 Å². The van der Waals surface area contributed by atoms with Crippen molar-refractivity contribution in [1.29, 1.82) is 0 Å². The summed E-state index contributed by atoms with van der Waals surface area (Å²) in [7, 11) is -1.39. The normalized spacial score (nSPS) is 11.1. The zero-order valence-corrected chi connectivity index (χ0v) is 12.1. The van der Waals surface area contributed by atoms with Gasteiger partial charge in [-0.15, -0.1) is 0 Å². The van der Waals surface area contributed by atoms with Gasteiger partial charge in [0.2, 0.25) is 5.95 Å². The third kappa shape index (κ3) is 3.67. The summed E-state index contributed by atoms with van der Waals surface area (Å²) >= 11 is 0. The Kier molecular flexibility index (Phi) is 4.19. The summed E-state index contributed by atoms with van der Waals surface area (Å²) in [6.07, 6.45) is 2.86. The van der Waals surface area contributed by atoms with Crippen molar-refractivity contribution in [3.05, 3.63) is 42.1 Å². The molecule has 0 saturated carbocycles. The second kappa shape index (κ2) is 5.87. The minimum absolute atomic E-state index is 0.320. The molecule has 1 heterocycles. The number of anilines is 2. The summed E-state index contributed by atoms with van der Waals surface area (Å²) in [5, 5.41) is 6.01. The topological polar surface area (TPSA) is 84.0 Å². The van der Waals surface area contributed by atoms with Crippen LogP contribution in [0.1, 0.15) is 5.56 Å². The van der Waals surface area contributed by atoms with E-state index in [1.54, 1.807) is 43.6 Å². The van der Waals surface area contributed by atoms with E-state index in [0.29, 0.717) is 23.2 Å². The maximum atomic E-state index is 11.4. The summed E-state index contributed by atoms with van der Waals surface area (Å²) in [5.74, 6) is 1.25. The maximum absolute atomic E-state index is 11.4. The van der Waals surface area contributed by atoms with Crippen LogP contribution in [0.15, 0.2) is 41.4 Å². The minimum atomic E-state index is -3.14. The van der Waals surface area contributed by atoms with Crippen molar-refractivity contribution in [2.75, 3.05) is 23.9 Å². The van der Waals surface area contributed by atoms with Crippen LogP contribution in [-0.4, -0.2) is 31.7 Å².